The maximum absolute atomic E-state index is 12.5. The van der Waals surface area contributed by atoms with Crippen LogP contribution in [-0.2, 0) is 16.6 Å². The van der Waals surface area contributed by atoms with Crippen LogP contribution in [-0.4, -0.2) is 20.0 Å². The lowest BCUT2D eigenvalue weighted by atomic mass is 10.1. The highest BCUT2D eigenvalue weighted by Crippen LogP contribution is 2.24. The van der Waals surface area contributed by atoms with E-state index in [-0.39, 0.29) is 11.4 Å². The zero-order chi connectivity index (χ0) is 17.7. The van der Waals surface area contributed by atoms with Gasteiger partial charge in [0.25, 0.3) is 0 Å². The Bertz CT molecular complexity index is 957. The van der Waals surface area contributed by atoms with Crippen LogP contribution < -0.4 is 9.46 Å². The van der Waals surface area contributed by atoms with Gasteiger partial charge in [0.2, 0.25) is 10.0 Å². The van der Waals surface area contributed by atoms with Crippen LogP contribution in [0.1, 0.15) is 19.0 Å². The van der Waals surface area contributed by atoms with Crippen molar-refractivity contribution < 1.29 is 13.2 Å². The topological polar surface area (TPSA) is 68.3 Å². The summed E-state index contributed by atoms with van der Waals surface area (Å²) in [6.45, 7) is 2.87. The summed E-state index contributed by atoms with van der Waals surface area (Å²) in [6, 6.07) is 16.1. The molecule has 3 rings (SSSR count). The minimum absolute atomic E-state index is 0.158. The Hall–Kier alpha value is -2.44. The third-order valence-electron chi connectivity index (χ3n) is 3.74. The molecule has 0 bridgehead atoms. The molecule has 0 unspecified atom stereocenters. The van der Waals surface area contributed by atoms with Crippen molar-refractivity contribution in [3.8, 4) is 5.75 Å². The van der Waals surface area contributed by atoms with E-state index in [1.807, 2.05) is 24.3 Å². The molecule has 1 N–H and O–H groups in total. The number of ether oxygens (including phenoxy) is 1. The monoisotopic (exact) mass is 356 g/mol. The average Bonchev–Trinajstić information content (AvgIpc) is 2.65. The maximum Gasteiger partial charge on any atom is 0.240 e. The predicted octanol–water partition coefficient (Wildman–Crippen LogP) is 3.50. The average molecular weight is 356 g/mol. The molecule has 2 aromatic carbocycles. The zero-order valence-corrected chi connectivity index (χ0v) is 14.8. The number of hydrogen-bond donors (Lipinski definition) is 1. The number of rotatable bonds is 7. The summed E-state index contributed by atoms with van der Waals surface area (Å²) in [5, 5.41) is 1.79. The van der Waals surface area contributed by atoms with Crippen LogP contribution in [0.3, 0.4) is 0 Å². The second-order valence-corrected chi connectivity index (χ2v) is 7.43. The molecule has 5 nitrogen and oxygen atoms in total. The van der Waals surface area contributed by atoms with E-state index < -0.39 is 10.0 Å². The first-order valence-electron chi connectivity index (χ1n) is 8.15. The molecule has 0 aliphatic rings. The van der Waals surface area contributed by atoms with E-state index in [0.717, 1.165) is 22.9 Å². The normalized spacial score (nSPS) is 11.6. The van der Waals surface area contributed by atoms with Gasteiger partial charge in [-0.05, 0) is 53.6 Å². The van der Waals surface area contributed by atoms with Gasteiger partial charge in [-0.2, -0.15) is 0 Å². The highest BCUT2D eigenvalue weighted by molar-refractivity contribution is 7.89. The number of aromatic nitrogens is 1. The van der Waals surface area contributed by atoms with Crippen LogP contribution in [0, 0.1) is 0 Å². The van der Waals surface area contributed by atoms with Gasteiger partial charge in [0.15, 0.2) is 0 Å². The highest BCUT2D eigenvalue weighted by atomic mass is 32.2. The third kappa shape index (κ3) is 4.35. The molecule has 3 aromatic rings. The van der Waals surface area contributed by atoms with E-state index >= 15 is 0 Å². The number of benzene rings is 2. The molecule has 1 aromatic heterocycles. The first kappa shape index (κ1) is 17.4. The molecule has 0 radical (unpaired) electrons. The molecule has 0 atom stereocenters. The van der Waals surface area contributed by atoms with E-state index in [1.54, 1.807) is 36.5 Å². The van der Waals surface area contributed by atoms with E-state index in [4.69, 9.17) is 4.74 Å². The van der Waals surface area contributed by atoms with Crippen LogP contribution in [0.15, 0.2) is 65.7 Å². The van der Waals surface area contributed by atoms with E-state index in [0.29, 0.717) is 12.3 Å². The SMILES string of the molecule is CCCOc1ccc2cc(S(=O)(=O)NCc3ccccn3)ccc2c1. The lowest BCUT2D eigenvalue weighted by Gasteiger charge is -2.09. The Balaban J connectivity index is 1.80. The number of sulfonamides is 1. The van der Waals surface area contributed by atoms with Gasteiger partial charge in [-0.3, -0.25) is 4.98 Å². The van der Waals surface area contributed by atoms with Crippen LogP contribution in [0.2, 0.25) is 0 Å². The Morgan fingerprint density at radius 2 is 1.84 bits per heavy atom. The maximum atomic E-state index is 12.5. The first-order valence-corrected chi connectivity index (χ1v) is 9.63. The summed E-state index contributed by atoms with van der Waals surface area (Å²) < 4.78 is 33.2. The fraction of sp³-hybridized carbons (Fsp3) is 0.211. The Kier molecular flexibility index (Phi) is 5.31. The van der Waals surface area contributed by atoms with Crippen LogP contribution in [0.25, 0.3) is 10.8 Å². The molecule has 0 aliphatic heterocycles. The lowest BCUT2D eigenvalue weighted by Crippen LogP contribution is -2.23. The summed E-state index contributed by atoms with van der Waals surface area (Å²) in [7, 11) is -3.60. The number of fused-ring (bicyclic) bond motifs is 1. The minimum atomic E-state index is -3.60. The van der Waals surface area contributed by atoms with Crippen molar-refractivity contribution in [2.24, 2.45) is 0 Å². The number of nitrogens with zero attached hydrogens (tertiary/aromatic N) is 1. The molecule has 6 heteroatoms. The van der Waals surface area contributed by atoms with Gasteiger partial charge in [-0.25, -0.2) is 13.1 Å². The van der Waals surface area contributed by atoms with Crippen LogP contribution >= 0.6 is 0 Å². The molecule has 0 fully saturated rings. The van der Waals surface area contributed by atoms with Gasteiger partial charge >= 0.3 is 0 Å². The minimum Gasteiger partial charge on any atom is -0.494 e. The summed E-state index contributed by atoms with van der Waals surface area (Å²) in [6.07, 6.45) is 2.58. The van der Waals surface area contributed by atoms with Gasteiger partial charge in [-0.15, -0.1) is 0 Å². The molecular formula is C19H20N2O3S. The van der Waals surface area contributed by atoms with E-state index in [1.165, 1.54) is 0 Å². The largest absolute Gasteiger partial charge is 0.494 e. The summed E-state index contributed by atoms with van der Waals surface area (Å²) >= 11 is 0. The van der Waals surface area contributed by atoms with Crippen LogP contribution in [0.4, 0.5) is 0 Å². The van der Waals surface area contributed by atoms with Crippen molar-refractivity contribution in [1.82, 2.24) is 9.71 Å². The quantitative estimate of drug-likeness (QED) is 0.703. The van der Waals surface area contributed by atoms with Crippen molar-refractivity contribution in [2.75, 3.05) is 6.61 Å². The molecule has 1 heterocycles. The fourth-order valence-corrected chi connectivity index (χ4v) is 3.47. The van der Waals surface area contributed by atoms with Crippen molar-refractivity contribution in [3.05, 3.63) is 66.5 Å². The van der Waals surface area contributed by atoms with Crippen molar-refractivity contribution >= 4 is 20.8 Å². The summed E-state index contributed by atoms with van der Waals surface area (Å²) in [5.74, 6) is 0.790. The molecule has 25 heavy (non-hydrogen) atoms. The zero-order valence-electron chi connectivity index (χ0n) is 14.0. The number of hydrogen-bond acceptors (Lipinski definition) is 4. The number of pyridine rings is 1. The lowest BCUT2D eigenvalue weighted by molar-refractivity contribution is 0.318. The summed E-state index contributed by atoms with van der Waals surface area (Å²) in [5.41, 5.74) is 0.671. The van der Waals surface area contributed by atoms with Gasteiger partial charge in [-0.1, -0.05) is 25.1 Å². The highest BCUT2D eigenvalue weighted by Gasteiger charge is 2.14. The Morgan fingerprint density at radius 3 is 2.60 bits per heavy atom. The van der Waals surface area contributed by atoms with Gasteiger partial charge in [0.05, 0.1) is 23.7 Å². The third-order valence-corrected chi connectivity index (χ3v) is 5.13. The summed E-state index contributed by atoms with van der Waals surface area (Å²) in [4.78, 5) is 4.35. The van der Waals surface area contributed by atoms with Crippen molar-refractivity contribution in [2.45, 2.75) is 24.8 Å². The number of nitrogens with one attached hydrogen (secondary N) is 1. The molecule has 0 saturated heterocycles. The predicted molar refractivity (Wildman–Crippen MR) is 98.0 cm³/mol. The van der Waals surface area contributed by atoms with E-state index in [2.05, 4.69) is 16.6 Å². The van der Waals surface area contributed by atoms with Gasteiger partial charge in [0.1, 0.15) is 5.75 Å². The van der Waals surface area contributed by atoms with Gasteiger partial charge < -0.3 is 4.74 Å². The van der Waals surface area contributed by atoms with Crippen molar-refractivity contribution in [3.63, 3.8) is 0 Å². The standard InChI is InChI=1S/C19H20N2O3S/c1-2-11-24-18-8-6-16-13-19(9-7-15(16)12-18)25(22,23)21-14-17-5-3-4-10-20-17/h3-10,12-13,21H,2,11,14H2,1H3. The second kappa shape index (κ2) is 7.63. The van der Waals surface area contributed by atoms with Gasteiger partial charge in [0, 0.05) is 6.20 Å². The molecule has 0 aliphatic carbocycles. The first-order chi connectivity index (χ1) is 12.1. The Labute approximate surface area is 147 Å². The molecule has 0 spiro atoms. The van der Waals surface area contributed by atoms with Crippen molar-refractivity contribution in [1.29, 1.82) is 0 Å². The smallest absolute Gasteiger partial charge is 0.240 e. The molecule has 130 valence electrons. The van der Waals surface area contributed by atoms with Crippen LogP contribution in [0.5, 0.6) is 5.75 Å². The molecular weight excluding hydrogens is 336 g/mol. The van der Waals surface area contributed by atoms with E-state index in [9.17, 15) is 8.42 Å². The molecule has 0 amide bonds. The fourth-order valence-electron chi connectivity index (χ4n) is 2.43. The second-order valence-electron chi connectivity index (χ2n) is 5.66. The Morgan fingerprint density at radius 1 is 1.04 bits per heavy atom. The molecule has 0 saturated carbocycles.